The lowest BCUT2D eigenvalue weighted by atomic mass is 9.44. The van der Waals surface area contributed by atoms with Gasteiger partial charge in [-0.25, -0.2) is 0 Å². The molecule has 0 aromatic heterocycles. The SMILES string of the molecule is COC(=O)C1CC2=CC(=O)CC[C@]2(C)C2C1C1CCC3(CCC(=O)O3)[C@@]1(C)C1O[C@@H]12. The summed E-state index contributed by atoms with van der Waals surface area (Å²) in [6.45, 7) is 4.52. The number of carbonyl (C=O) groups excluding carboxylic acids is 3. The van der Waals surface area contributed by atoms with Crippen LogP contribution in [0.2, 0.25) is 0 Å². The molecule has 5 fully saturated rings. The number of ketones is 1. The first kappa shape index (κ1) is 19.0. The Labute approximate surface area is 176 Å². The molecule has 3 saturated carbocycles. The van der Waals surface area contributed by atoms with Crippen molar-refractivity contribution < 1.29 is 28.6 Å². The number of fused-ring (bicyclic) bond motifs is 9. The molecule has 6 unspecified atom stereocenters. The first-order valence-electron chi connectivity index (χ1n) is 11.4. The molecule has 162 valence electrons. The number of carbonyl (C=O) groups is 3. The Kier molecular flexibility index (Phi) is 3.65. The van der Waals surface area contributed by atoms with Crippen LogP contribution in [0.25, 0.3) is 0 Å². The standard InChI is InChI=1S/C24H30O6/c1-22-7-4-13(25)10-12(22)11-14(21(27)28-3)17-15-5-8-24(9-6-16(26)30-24)23(15,2)20-19(29-20)18(17)22/h10,14-15,17-20H,4-9,11H2,1-3H3/t14?,15?,17?,18?,19-,20?,22+,23-,24?/m1/s1. The summed E-state index contributed by atoms with van der Waals surface area (Å²) in [5, 5.41) is 0. The van der Waals surface area contributed by atoms with Crippen molar-refractivity contribution in [1.29, 1.82) is 0 Å². The van der Waals surface area contributed by atoms with Gasteiger partial charge in [0, 0.05) is 24.2 Å². The molecular formula is C24H30O6. The maximum absolute atomic E-state index is 13.0. The Hall–Kier alpha value is -1.69. The summed E-state index contributed by atoms with van der Waals surface area (Å²) >= 11 is 0. The van der Waals surface area contributed by atoms with E-state index in [0.717, 1.165) is 31.3 Å². The number of hydrogen-bond acceptors (Lipinski definition) is 6. The van der Waals surface area contributed by atoms with Crippen molar-refractivity contribution in [3.63, 3.8) is 0 Å². The van der Waals surface area contributed by atoms with Crippen molar-refractivity contribution in [2.75, 3.05) is 7.11 Å². The largest absolute Gasteiger partial charge is 0.469 e. The monoisotopic (exact) mass is 414 g/mol. The summed E-state index contributed by atoms with van der Waals surface area (Å²) in [5.41, 5.74) is 0.262. The van der Waals surface area contributed by atoms with E-state index in [1.54, 1.807) is 6.08 Å². The minimum Gasteiger partial charge on any atom is -0.469 e. The molecule has 6 heteroatoms. The lowest BCUT2D eigenvalue weighted by Gasteiger charge is -2.58. The zero-order valence-electron chi connectivity index (χ0n) is 17.9. The Bertz CT molecular complexity index is 892. The van der Waals surface area contributed by atoms with Crippen LogP contribution in [0.15, 0.2) is 11.6 Å². The predicted molar refractivity (Wildman–Crippen MR) is 105 cm³/mol. The summed E-state index contributed by atoms with van der Waals surface area (Å²) in [6, 6.07) is 0. The molecule has 30 heavy (non-hydrogen) atoms. The molecular weight excluding hydrogens is 384 g/mol. The first-order chi connectivity index (χ1) is 14.2. The lowest BCUT2D eigenvalue weighted by molar-refractivity contribution is -0.172. The minimum absolute atomic E-state index is 0.0552. The molecule has 6 nitrogen and oxygen atoms in total. The van der Waals surface area contributed by atoms with Crippen molar-refractivity contribution in [3.8, 4) is 0 Å². The molecule has 9 atom stereocenters. The maximum Gasteiger partial charge on any atom is 0.309 e. The molecule has 0 amide bonds. The van der Waals surface area contributed by atoms with Crippen LogP contribution in [0.1, 0.15) is 58.8 Å². The highest BCUT2D eigenvalue weighted by Gasteiger charge is 2.79. The quantitative estimate of drug-likeness (QED) is 0.485. The zero-order valence-corrected chi connectivity index (χ0v) is 17.9. The first-order valence-corrected chi connectivity index (χ1v) is 11.4. The number of hydrogen-bond donors (Lipinski definition) is 0. The van der Waals surface area contributed by atoms with Gasteiger partial charge in [-0.1, -0.05) is 19.4 Å². The van der Waals surface area contributed by atoms with Gasteiger partial charge in [0.15, 0.2) is 5.78 Å². The number of epoxide rings is 1. The Morgan fingerprint density at radius 1 is 1.17 bits per heavy atom. The fourth-order valence-corrected chi connectivity index (χ4v) is 8.62. The normalized spacial score (nSPS) is 53.2. The lowest BCUT2D eigenvalue weighted by Crippen LogP contribution is -2.61. The molecule has 2 heterocycles. The topological polar surface area (TPSA) is 82.2 Å². The van der Waals surface area contributed by atoms with Crippen molar-refractivity contribution >= 4 is 17.7 Å². The van der Waals surface area contributed by atoms with Gasteiger partial charge in [0.25, 0.3) is 0 Å². The van der Waals surface area contributed by atoms with Gasteiger partial charge in [0.1, 0.15) is 5.60 Å². The average Bonchev–Trinajstić information content (AvgIpc) is 3.35. The smallest absolute Gasteiger partial charge is 0.309 e. The van der Waals surface area contributed by atoms with Crippen molar-refractivity contribution in [2.24, 2.45) is 34.5 Å². The van der Waals surface area contributed by atoms with Crippen molar-refractivity contribution in [2.45, 2.75) is 76.6 Å². The predicted octanol–water partition coefficient (Wildman–Crippen LogP) is 2.98. The second-order valence-corrected chi connectivity index (χ2v) is 10.9. The minimum atomic E-state index is -0.459. The van der Waals surface area contributed by atoms with Crippen LogP contribution >= 0.6 is 0 Å². The summed E-state index contributed by atoms with van der Waals surface area (Å²) in [7, 11) is 1.46. The van der Waals surface area contributed by atoms with E-state index >= 15 is 0 Å². The number of rotatable bonds is 1. The highest BCUT2D eigenvalue weighted by atomic mass is 16.6. The molecule has 0 bridgehead atoms. The van der Waals surface area contributed by atoms with E-state index in [4.69, 9.17) is 14.2 Å². The average molecular weight is 414 g/mol. The van der Waals surface area contributed by atoms with E-state index in [9.17, 15) is 14.4 Å². The van der Waals surface area contributed by atoms with Gasteiger partial charge in [-0.2, -0.15) is 0 Å². The summed E-state index contributed by atoms with van der Waals surface area (Å²) in [4.78, 5) is 37.4. The van der Waals surface area contributed by atoms with Crippen LogP contribution in [-0.4, -0.2) is 42.6 Å². The molecule has 0 radical (unpaired) electrons. The summed E-state index contributed by atoms with van der Waals surface area (Å²) in [6.07, 6.45) is 6.91. The molecule has 1 spiro atoms. The highest BCUT2D eigenvalue weighted by Crippen LogP contribution is 2.75. The molecule has 0 N–H and O–H groups in total. The van der Waals surface area contributed by atoms with Crippen molar-refractivity contribution in [3.05, 3.63) is 11.6 Å². The van der Waals surface area contributed by atoms with Gasteiger partial charge in [-0.05, 0) is 55.4 Å². The third-order valence-electron chi connectivity index (χ3n) is 10.1. The van der Waals surface area contributed by atoms with E-state index in [0.29, 0.717) is 19.3 Å². The van der Waals surface area contributed by atoms with Crippen LogP contribution < -0.4 is 0 Å². The number of methoxy groups -OCH3 is 1. The Morgan fingerprint density at radius 2 is 1.97 bits per heavy atom. The van der Waals surface area contributed by atoms with Crippen LogP contribution in [0.4, 0.5) is 0 Å². The van der Waals surface area contributed by atoms with Crippen molar-refractivity contribution in [1.82, 2.24) is 0 Å². The van der Waals surface area contributed by atoms with E-state index in [1.165, 1.54) is 7.11 Å². The van der Waals surface area contributed by atoms with Crippen LogP contribution in [0.3, 0.4) is 0 Å². The molecule has 0 aromatic rings. The molecule has 2 saturated heterocycles. The summed E-state index contributed by atoms with van der Waals surface area (Å²) < 4.78 is 17.7. The third-order valence-corrected chi connectivity index (χ3v) is 10.1. The zero-order chi connectivity index (χ0) is 21.1. The number of ether oxygens (including phenoxy) is 3. The fraction of sp³-hybridized carbons (Fsp3) is 0.792. The van der Waals surface area contributed by atoms with E-state index in [1.807, 2.05) is 0 Å². The second kappa shape index (κ2) is 5.76. The second-order valence-electron chi connectivity index (χ2n) is 10.9. The molecule has 6 rings (SSSR count). The van der Waals surface area contributed by atoms with E-state index in [-0.39, 0.29) is 64.4 Å². The number of allylic oxidation sites excluding steroid dienone is 1. The maximum atomic E-state index is 13.0. The molecule has 0 aromatic carbocycles. The summed E-state index contributed by atoms with van der Waals surface area (Å²) in [5.74, 6) is 0.176. The van der Waals surface area contributed by atoms with Crippen LogP contribution in [-0.2, 0) is 28.6 Å². The van der Waals surface area contributed by atoms with Gasteiger partial charge in [-0.3, -0.25) is 14.4 Å². The van der Waals surface area contributed by atoms with E-state index in [2.05, 4.69) is 13.8 Å². The van der Waals surface area contributed by atoms with Gasteiger partial charge < -0.3 is 14.2 Å². The number of esters is 2. The van der Waals surface area contributed by atoms with Crippen LogP contribution in [0, 0.1) is 34.5 Å². The van der Waals surface area contributed by atoms with Gasteiger partial charge in [0.05, 0.1) is 25.2 Å². The van der Waals surface area contributed by atoms with Crippen LogP contribution in [0.5, 0.6) is 0 Å². The fourth-order valence-electron chi connectivity index (χ4n) is 8.62. The molecule has 4 aliphatic carbocycles. The van der Waals surface area contributed by atoms with Gasteiger partial charge in [0.2, 0.25) is 0 Å². The molecule has 2 aliphatic heterocycles. The highest BCUT2D eigenvalue weighted by molar-refractivity contribution is 5.92. The molecule has 6 aliphatic rings. The Balaban J connectivity index is 1.48. The Morgan fingerprint density at radius 3 is 2.67 bits per heavy atom. The van der Waals surface area contributed by atoms with Gasteiger partial charge >= 0.3 is 11.9 Å². The third kappa shape index (κ3) is 2.07. The van der Waals surface area contributed by atoms with Gasteiger partial charge in [-0.15, -0.1) is 0 Å². The van der Waals surface area contributed by atoms with E-state index < -0.39 is 5.60 Å².